The molecule has 0 radical (unpaired) electrons. The topological polar surface area (TPSA) is 56.6 Å². The lowest BCUT2D eigenvalue weighted by Gasteiger charge is -2.19. The van der Waals surface area contributed by atoms with Crippen LogP contribution in [0.2, 0.25) is 0 Å². The van der Waals surface area contributed by atoms with E-state index in [1.165, 1.54) is 0 Å². The third kappa shape index (κ3) is 4.42. The van der Waals surface area contributed by atoms with E-state index in [4.69, 9.17) is 10.00 Å². The summed E-state index contributed by atoms with van der Waals surface area (Å²) in [5, 5.41) is 8.42. The summed E-state index contributed by atoms with van der Waals surface area (Å²) in [6, 6.07) is 9.52. The number of ether oxygens (including phenoxy) is 1. The van der Waals surface area contributed by atoms with Gasteiger partial charge in [0.1, 0.15) is 11.8 Å². The maximum atomic E-state index is 11.2. The van der Waals surface area contributed by atoms with Crippen molar-refractivity contribution in [2.45, 2.75) is 13.5 Å². The van der Waals surface area contributed by atoms with E-state index >= 15 is 0 Å². The van der Waals surface area contributed by atoms with Crippen LogP contribution in [-0.2, 0) is 11.3 Å². The molecule has 0 N–H and O–H groups in total. The Morgan fingerprint density at radius 3 is 2.60 bits per heavy atom. The van der Waals surface area contributed by atoms with Gasteiger partial charge in [0, 0.05) is 25.9 Å². The van der Waals surface area contributed by atoms with E-state index in [1.807, 2.05) is 41.4 Å². The van der Waals surface area contributed by atoms with Crippen molar-refractivity contribution in [2.24, 2.45) is 0 Å². The van der Waals surface area contributed by atoms with E-state index in [1.54, 1.807) is 18.0 Å². The predicted molar refractivity (Wildman–Crippen MR) is 85.0 cm³/mol. The van der Waals surface area contributed by atoms with Crippen molar-refractivity contribution in [3.63, 3.8) is 0 Å². The van der Waals surface area contributed by atoms with Crippen molar-refractivity contribution in [1.29, 1.82) is 5.26 Å². The van der Waals surface area contributed by atoms with Crippen molar-refractivity contribution in [2.75, 3.05) is 13.3 Å². The first kappa shape index (κ1) is 16.3. The number of benzene rings is 1. The molecule has 20 heavy (non-hydrogen) atoms. The molecular weight excluding hydrogens is 369 g/mol. The number of nitriles is 1. The summed E-state index contributed by atoms with van der Waals surface area (Å²) in [6.45, 7) is 2.93. The van der Waals surface area contributed by atoms with Crippen molar-refractivity contribution in [3.8, 4) is 11.8 Å². The fourth-order valence-electron chi connectivity index (χ4n) is 1.81. The molecule has 0 fully saturated rings. The van der Waals surface area contributed by atoms with Crippen LogP contribution in [0.3, 0.4) is 0 Å². The van der Waals surface area contributed by atoms with Crippen LogP contribution in [0, 0.1) is 11.3 Å². The minimum Gasteiger partial charge on any atom is -0.479 e. The first-order valence-corrected chi connectivity index (χ1v) is 5.97. The van der Waals surface area contributed by atoms with Crippen molar-refractivity contribution >= 4 is 29.9 Å². The Morgan fingerprint density at radius 2 is 2.05 bits per heavy atom. The molecule has 5 nitrogen and oxygen atoms in total. The molecule has 0 atom stereocenters. The van der Waals surface area contributed by atoms with Crippen molar-refractivity contribution in [3.05, 3.63) is 42.2 Å². The van der Waals surface area contributed by atoms with Gasteiger partial charge in [-0.3, -0.25) is 9.69 Å². The molecule has 0 spiro atoms. The predicted octanol–water partition coefficient (Wildman–Crippen LogP) is 2.30. The Bertz CT molecular complexity index is 522. The summed E-state index contributed by atoms with van der Waals surface area (Å²) in [5.74, 6) is 0.728. The average molecular weight is 385 g/mol. The molecule has 0 aliphatic carbocycles. The van der Waals surface area contributed by atoms with Crippen molar-refractivity contribution in [1.82, 2.24) is 9.80 Å². The highest BCUT2D eigenvalue weighted by atomic mass is 127. The molecule has 1 amide bonds. The third-order valence-corrected chi connectivity index (χ3v) is 2.81. The van der Waals surface area contributed by atoms with Gasteiger partial charge in [-0.1, -0.05) is 12.1 Å². The number of nitrogens with zero attached hydrogens (tertiary/aromatic N) is 3. The fraction of sp³-hybridized carbons (Fsp3) is 0.286. The summed E-state index contributed by atoms with van der Waals surface area (Å²) < 4.78 is 5.19. The van der Waals surface area contributed by atoms with Gasteiger partial charge >= 0.3 is 0 Å². The zero-order chi connectivity index (χ0) is 13.7. The normalized spacial score (nSPS) is 12.8. The minimum absolute atomic E-state index is 0. The Hall–Kier alpha value is -1.75. The largest absolute Gasteiger partial charge is 0.479 e. The smallest absolute Gasteiger partial charge is 0.224 e. The number of hydrogen-bond donors (Lipinski definition) is 0. The van der Waals surface area contributed by atoms with Gasteiger partial charge in [0.2, 0.25) is 5.91 Å². The molecule has 0 unspecified atom stereocenters. The van der Waals surface area contributed by atoms with E-state index < -0.39 is 0 Å². The van der Waals surface area contributed by atoms with Crippen LogP contribution in [0.25, 0.3) is 0 Å². The van der Waals surface area contributed by atoms with E-state index in [0.717, 1.165) is 12.1 Å². The molecule has 0 bridgehead atoms. The molecule has 106 valence electrons. The van der Waals surface area contributed by atoms with Gasteiger partial charge in [-0.15, -0.1) is 24.0 Å². The molecule has 2 rings (SSSR count). The van der Waals surface area contributed by atoms with E-state index in [2.05, 4.69) is 0 Å². The summed E-state index contributed by atoms with van der Waals surface area (Å²) in [6.07, 6.45) is 3.69. The zero-order valence-corrected chi connectivity index (χ0v) is 13.5. The molecule has 0 aromatic heterocycles. The number of hydrogen-bond acceptors (Lipinski definition) is 4. The van der Waals surface area contributed by atoms with Crippen LogP contribution >= 0.6 is 24.0 Å². The maximum absolute atomic E-state index is 11.2. The van der Waals surface area contributed by atoms with Crippen LogP contribution in [0.5, 0.6) is 5.75 Å². The highest BCUT2D eigenvalue weighted by Gasteiger charge is 2.15. The Balaban J connectivity index is 0.00000200. The van der Waals surface area contributed by atoms with E-state index in [0.29, 0.717) is 12.4 Å². The summed E-state index contributed by atoms with van der Waals surface area (Å²) in [7, 11) is 0. The Morgan fingerprint density at radius 1 is 1.35 bits per heavy atom. The fourth-order valence-corrected chi connectivity index (χ4v) is 1.81. The molecule has 1 aliphatic heterocycles. The maximum Gasteiger partial charge on any atom is 0.224 e. The van der Waals surface area contributed by atoms with Crippen LogP contribution < -0.4 is 4.74 Å². The Labute approximate surface area is 135 Å². The second-order valence-electron chi connectivity index (χ2n) is 4.27. The molecule has 1 aromatic rings. The van der Waals surface area contributed by atoms with E-state index in [9.17, 15) is 4.79 Å². The molecule has 1 aromatic carbocycles. The molecular formula is C14H16IN3O2. The van der Waals surface area contributed by atoms with Crippen LogP contribution in [0.4, 0.5) is 0 Å². The van der Waals surface area contributed by atoms with Gasteiger partial charge < -0.3 is 9.64 Å². The van der Waals surface area contributed by atoms with Gasteiger partial charge in [0.15, 0.2) is 6.61 Å². The molecule has 1 aliphatic rings. The van der Waals surface area contributed by atoms with Crippen LogP contribution in [0.15, 0.2) is 36.7 Å². The number of carbonyl (C=O) groups excluding carboxylic acids is 1. The average Bonchev–Trinajstić information content (AvgIpc) is 2.87. The summed E-state index contributed by atoms with van der Waals surface area (Å²) in [5.41, 5.74) is 1.12. The summed E-state index contributed by atoms with van der Waals surface area (Å²) in [4.78, 5) is 14.9. The minimum atomic E-state index is 0. The number of carbonyl (C=O) groups is 1. The van der Waals surface area contributed by atoms with Gasteiger partial charge in [-0.2, -0.15) is 5.26 Å². The van der Waals surface area contributed by atoms with Crippen molar-refractivity contribution < 1.29 is 9.53 Å². The molecule has 0 saturated heterocycles. The van der Waals surface area contributed by atoms with Gasteiger partial charge in [0.25, 0.3) is 0 Å². The first-order chi connectivity index (χ1) is 9.19. The number of amides is 1. The second kappa shape index (κ2) is 7.75. The monoisotopic (exact) mass is 385 g/mol. The number of rotatable bonds is 4. The van der Waals surface area contributed by atoms with E-state index in [-0.39, 0.29) is 36.5 Å². The SMILES string of the molecule is CC(=O)N1C=CN(Cc2ccc(OCC#N)cc2)C1.I. The van der Waals surface area contributed by atoms with Crippen LogP contribution in [0.1, 0.15) is 12.5 Å². The highest BCUT2D eigenvalue weighted by molar-refractivity contribution is 14.0. The lowest BCUT2D eigenvalue weighted by molar-refractivity contribution is -0.126. The highest BCUT2D eigenvalue weighted by Crippen LogP contribution is 2.16. The standard InChI is InChI=1S/C14H15N3O2.HI/c1-12(18)17-8-7-16(11-17)10-13-2-4-14(5-3-13)19-9-6-15;/h2-5,7-8H,9-11H2,1H3;1H. The zero-order valence-electron chi connectivity index (χ0n) is 11.2. The first-order valence-electron chi connectivity index (χ1n) is 5.97. The molecule has 6 heteroatoms. The molecule has 1 heterocycles. The lowest BCUT2D eigenvalue weighted by atomic mass is 10.2. The van der Waals surface area contributed by atoms with Gasteiger partial charge in [-0.05, 0) is 17.7 Å². The number of halogens is 1. The second-order valence-corrected chi connectivity index (χ2v) is 4.27. The third-order valence-electron chi connectivity index (χ3n) is 2.81. The lowest BCUT2D eigenvalue weighted by Crippen LogP contribution is -2.28. The van der Waals surface area contributed by atoms with Gasteiger partial charge in [0.05, 0.1) is 6.67 Å². The quantitative estimate of drug-likeness (QED) is 0.747. The van der Waals surface area contributed by atoms with Gasteiger partial charge in [-0.25, -0.2) is 0 Å². The summed E-state index contributed by atoms with van der Waals surface area (Å²) >= 11 is 0. The molecule has 0 saturated carbocycles. The Kier molecular flexibility index (Phi) is 6.31. The van der Waals surface area contributed by atoms with Crippen LogP contribution in [-0.4, -0.2) is 29.0 Å².